The van der Waals surface area contributed by atoms with E-state index in [1.165, 1.54) is 11.1 Å². The van der Waals surface area contributed by atoms with Gasteiger partial charge in [0.15, 0.2) is 0 Å². The zero-order valence-electron chi connectivity index (χ0n) is 12.0. The van der Waals surface area contributed by atoms with Gasteiger partial charge in [0.25, 0.3) is 0 Å². The molecule has 0 aliphatic carbocycles. The Morgan fingerprint density at radius 3 is 2.45 bits per heavy atom. The molecule has 3 rings (SSSR count). The predicted octanol–water partition coefficient (Wildman–Crippen LogP) is 2.08. The SMILES string of the molecule is O=CC1(CN2CCc3ccccc3CC2)CCCOC1. The monoisotopic (exact) mass is 273 g/mol. The molecule has 3 heteroatoms. The van der Waals surface area contributed by atoms with Crippen molar-refractivity contribution in [1.82, 2.24) is 4.90 Å². The molecule has 1 atom stereocenters. The Kier molecular flexibility index (Phi) is 4.18. The van der Waals surface area contributed by atoms with E-state index in [4.69, 9.17) is 4.74 Å². The minimum Gasteiger partial charge on any atom is -0.380 e. The lowest BCUT2D eigenvalue weighted by Gasteiger charge is -2.36. The van der Waals surface area contributed by atoms with Gasteiger partial charge in [-0.3, -0.25) is 0 Å². The smallest absolute Gasteiger partial charge is 0.129 e. The summed E-state index contributed by atoms with van der Waals surface area (Å²) in [6, 6.07) is 8.71. The van der Waals surface area contributed by atoms with Gasteiger partial charge >= 0.3 is 0 Å². The largest absolute Gasteiger partial charge is 0.380 e. The van der Waals surface area contributed by atoms with Crippen LogP contribution >= 0.6 is 0 Å². The van der Waals surface area contributed by atoms with Crippen molar-refractivity contribution in [2.75, 3.05) is 32.8 Å². The third-order valence-corrected chi connectivity index (χ3v) is 4.65. The van der Waals surface area contributed by atoms with Gasteiger partial charge in [-0.2, -0.15) is 0 Å². The van der Waals surface area contributed by atoms with Crippen molar-refractivity contribution in [3.05, 3.63) is 35.4 Å². The first-order valence-electron chi connectivity index (χ1n) is 7.65. The van der Waals surface area contributed by atoms with Gasteiger partial charge in [-0.25, -0.2) is 0 Å². The number of rotatable bonds is 3. The highest BCUT2D eigenvalue weighted by molar-refractivity contribution is 5.60. The van der Waals surface area contributed by atoms with E-state index >= 15 is 0 Å². The zero-order valence-corrected chi connectivity index (χ0v) is 12.0. The molecule has 1 saturated heterocycles. The van der Waals surface area contributed by atoms with Crippen molar-refractivity contribution < 1.29 is 9.53 Å². The average molecular weight is 273 g/mol. The van der Waals surface area contributed by atoms with Crippen molar-refractivity contribution in [3.63, 3.8) is 0 Å². The number of carbonyl (C=O) groups is 1. The standard InChI is InChI=1S/C17H23NO2/c19-13-17(8-3-11-20-14-17)12-18-9-6-15-4-1-2-5-16(15)7-10-18/h1-2,4-5,13H,3,6-12,14H2. The van der Waals surface area contributed by atoms with Gasteiger partial charge in [-0.15, -0.1) is 0 Å². The first kappa shape index (κ1) is 13.8. The van der Waals surface area contributed by atoms with Crippen LogP contribution in [0.2, 0.25) is 0 Å². The molecule has 0 N–H and O–H groups in total. The number of hydrogen-bond donors (Lipinski definition) is 0. The molecule has 2 aliphatic rings. The lowest BCUT2D eigenvalue weighted by atomic mass is 9.83. The Hall–Kier alpha value is -1.19. The second kappa shape index (κ2) is 6.06. The highest BCUT2D eigenvalue weighted by Gasteiger charge is 2.34. The van der Waals surface area contributed by atoms with E-state index in [-0.39, 0.29) is 5.41 Å². The average Bonchev–Trinajstić information content (AvgIpc) is 2.71. The topological polar surface area (TPSA) is 29.5 Å². The Morgan fingerprint density at radius 1 is 1.20 bits per heavy atom. The predicted molar refractivity (Wildman–Crippen MR) is 78.8 cm³/mol. The normalized spacial score (nSPS) is 27.6. The van der Waals surface area contributed by atoms with Crippen molar-refractivity contribution in [2.24, 2.45) is 5.41 Å². The maximum absolute atomic E-state index is 11.6. The van der Waals surface area contributed by atoms with Gasteiger partial charge in [-0.05, 0) is 36.8 Å². The van der Waals surface area contributed by atoms with Gasteiger partial charge < -0.3 is 14.4 Å². The van der Waals surface area contributed by atoms with Crippen LogP contribution in [-0.4, -0.2) is 44.0 Å². The third kappa shape index (κ3) is 2.94. The minimum absolute atomic E-state index is 0.269. The minimum atomic E-state index is -0.269. The van der Waals surface area contributed by atoms with E-state index in [0.717, 1.165) is 58.2 Å². The van der Waals surface area contributed by atoms with Crippen LogP contribution < -0.4 is 0 Å². The summed E-state index contributed by atoms with van der Waals surface area (Å²) < 4.78 is 5.55. The quantitative estimate of drug-likeness (QED) is 0.790. The summed E-state index contributed by atoms with van der Waals surface area (Å²) >= 11 is 0. The van der Waals surface area contributed by atoms with Gasteiger partial charge in [0.2, 0.25) is 0 Å². The first-order valence-corrected chi connectivity index (χ1v) is 7.65. The lowest BCUT2D eigenvalue weighted by molar-refractivity contribution is -0.125. The van der Waals surface area contributed by atoms with Crippen molar-refractivity contribution in [2.45, 2.75) is 25.7 Å². The van der Waals surface area contributed by atoms with Crippen molar-refractivity contribution in [1.29, 1.82) is 0 Å². The van der Waals surface area contributed by atoms with E-state index in [1.807, 2.05) is 0 Å². The molecule has 1 aromatic rings. The van der Waals surface area contributed by atoms with Crippen LogP contribution in [0, 0.1) is 5.41 Å². The van der Waals surface area contributed by atoms with Gasteiger partial charge in [-0.1, -0.05) is 24.3 Å². The van der Waals surface area contributed by atoms with Crippen LogP contribution in [0.1, 0.15) is 24.0 Å². The number of fused-ring (bicyclic) bond motifs is 1. The van der Waals surface area contributed by atoms with Crippen LogP contribution in [0.15, 0.2) is 24.3 Å². The van der Waals surface area contributed by atoms with E-state index in [0.29, 0.717) is 6.61 Å². The summed E-state index contributed by atoms with van der Waals surface area (Å²) in [5.41, 5.74) is 2.67. The van der Waals surface area contributed by atoms with Crippen LogP contribution in [0.25, 0.3) is 0 Å². The summed E-state index contributed by atoms with van der Waals surface area (Å²) in [6.45, 7) is 4.35. The fourth-order valence-electron chi connectivity index (χ4n) is 3.45. The maximum atomic E-state index is 11.6. The Morgan fingerprint density at radius 2 is 1.90 bits per heavy atom. The van der Waals surface area contributed by atoms with Crippen LogP contribution in [0.4, 0.5) is 0 Å². The second-order valence-electron chi connectivity index (χ2n) is 6.18. The zero-order chi connectivity index (χ0) is 13.8. The number of nitrogens with zero attached hydrogens (tertiary/aromatic N) is 1. The highest BCUT2D eigenvalue weighted by atomic mass is 16.5. The molecule has 20 heavy (non-hydrogen) atoms. The summed E-state index contributed by atoms with van der Waals surface area (Å²) in [6.07, 6.45) is 5.30. The fraction of sp³-hybridized carbons (Fsp3) is 0.588. The van der Waals surface area contributed by atoms with Gasteiger partial charge in [0.1, 0.15) is 6.29 Å². The molecular weight excluding hydrogens is 250 g/mol. The van der Waals surface area contributed by atoms with Gasteiger partial charge in [0.05, 0.1) is 12.0 Å². The molecule has 1 aromatic carbocycles. The summed E-state index contributed by atoms with van der Waals surface area (Å²) in [5, 5.41) is 0. The molecule has 2 heterocycles. The number of hydrogen-bond acceptors (Lipinski definition) is 3. The Bertz CT molecular complexity index is 439. The molecule has 0 bridgehead atoms. The van der Waals surface area contributed by atoms with Crippen LogP contribution in [-0.2, 0) is 22.4 Å². The van der Waals surface area contributed by atoms with Gasteiger partial charge in [0, 0.05) is 26.2 Å². The third-order valence-electron chi connectivity index (χ3n) is 4.65. The van der Waals surface area contributed by atoms with Crippen LogP contribution in [0.3, 0.4) is 0 Å². The highest BCUT2D eigenvalue weighted by Crippen LogP contribution is 2.28. The van der Waals surface area contributed by atoms with E-state index in [2.05, 4.69) is 29.2 Å². The summed E-state index contributed by atoms with van der Waals surface area (Å²) in [7, 11) is 0. The molecule has 0 amide bonds. The Balaban J connectivity index is 1.66. The van der Waals surface area contributed by atoms with Crippen molar-refractivity contribution >= 4 is 6.29 Å². The Labute approximate surface area is 120 Å². The van der Waals surface area contributed by atoms with E-state index in [9.17, 15) is 4.79 Å². The number of ether oxygens (including phenoxy) is 1. The molecule has 1 fully saturated rings. The summed E-state index contributed by atoms with van der Waals surface area (Å²) in [4.78, 5) is 14.0. The molecule has 0 radical (unpaired) electrons. The summed E-state index contributed by atoms with van der Waals surface area (Å²) in [5.74, 6) is 0. The van der Waals surface area contributed by atoms with Crippen molar-refractivity contribution in [3.8, 4) is 0 Å². The molecule has 1 unspecified atom stereocenters. The fourth-order valence-corrected chi connectivity index (χ4v) is 3.45. The lowest BCUT2D eigenvalue weighted by Crippen LogP contribution is -2.45. The molecule has 3 nitrogen and oxygen atoms in total. The van der Waals surface area contributed by atoms with Crippen LogP contribution in [0.5, 0.6) is 0 Å². The number of carbonyl (C=O) groups excluding carboxylic acids is 1. The molecule has 0 aromatic heterocycles. The van der Waals surface area contributed by atoms with E-state index < -0.39 is 0 Å². The number of aldehydes is 1. The molecule has 108 valence electrons. The molecule has 0 saturated carbocycles. The second-order valence-corrected chi connectivity index (χ2v) is 6.18. The maximum Gasteiger partial charge on any atom is 0.129 e. The van der Waals surface area contributed by atoms with E-state index in [1.54, 1.807) is 0 Å². The molecular formula is C17H23NO2. The first-order chi connectivity index (χ1) is 9.81. The molecule has 2 aliphatic heterocycles. The molecule has 0 spiro atoms. The number of benzene rings is 1.